The molecule has 1 N–H and O–H groups in total. The highest BCUT2D eigenvalue weighted by molar-refractivity contribution is 4.86. The predicted molar refractivity (Wildman–Crippen MR) is 49.3 cm³/mol. The molecule has 1 aliphatic carbocycles. The van der Waals surface area contributed by atoms with Crippen molar-refractivity contribution in [3.8, 4) is 0 Å². The third kappa shape index (κ3) is 2.20. The number of piperidine rings is 1. The average Bonchev–Trinajstić information content (AvgIpc) is 2.46. The van der Waals surface area contributed by atoms with Crippen LogP contribution < -0.4 is 0 Å². The van der Waals surface area contributed by atoms with Gasteiger partial charge in [0.15, 0.2) is 0 Å². The van der Waals surface area contributed by atoms with Gasteiger partial charge in [0.05, 0.1) is 6.10 Å². The molecule has 1 heterocycles. The van der Waals surface area contributed by atoms with Gasteiger partial charge in [-0.3, -0.25) is 0 Å². The summed E-state index contributed by atoms with van der Waals surface area (Å²) < 4.78 is 12.1. The van der Waals surface area contributed by atoms with E-state index in [9.17, 15) is 9.50 Å². The number of aliphatic hydroxyl groups excluding tert-OH is 1. The Kier molecular flexibility index (Phi) is 2.84. The van der Waals surface area contributed by atoms with Crippen LogP contribution in [0.1, 0.15) is 19.3 Å². The highest BCUT2D eigenvalue weighted by Crippen LogP contribution is 2.36. The Balaban J connectivity index is 1.81. The van der Waals surface area contributed by atoms with E-state index in [1.165, 1.54) is 19.3 Å². The van der Waals surface area contributed by atoms with E-state index in [0.717, 1.165) is 24.9 Å². The number of halogens is 1. The molecule has 0 spiro atoms. The molecule has 0 aromatic carbocycles. The average molecular weight is 187 g/mol. The zero-order chi connectivity index (χ0) is 9.26. The first kappa shape index (κ1) is 9.41. The molecular formula is C10H18FNO. The SMILES string of the molecule is OC(CF)CN1CC2CCC(C2)C1. The van der Waals surface area contributed by atoms with E-state index in [4.69, 9.17) is 0 Å². The van der Waals surface area contributed by atoms with Gasteiger partial charge in [0, 0.05) is 19.6 Å². The quantitative estimate of drug-likeness (QED) is 0.714. The summed E-state index contributed by atoms with van der Waals surface area (Å²) in [5.74, 6) is 1.65. The molecule has 3 unspecified atom stereocenters. The molecule has 76 valence electrons. The molecule has 2 fully saturated rings. The van der Waals surface area contributed by atoms with Crippen LogP contribution in [0, 0.1) is 11.8 Å². The highest BCUT2D eigenvalue weighted by Gasteiger charge is 2.33. The zero-order valence-electron chi connectivity index (χ0n) is 7.95. The molecule has 2 nitrogen and oxygen atoms in total. The number of fused-ring (bicyclic) bond motifs is 2. The van der Waals surface area contributed by atoms with Crippen molar-refractivity contribution in [3.05, 3.63) is 0 Å². The monoisotopic (exact) mass is 187 g/mol. The van der Waals surface area contributed by atoms with Gasteiger partial charge in [0.2, 0.25) is 0 Å². The lowest BCUT2D eigenvalue weighted by Gasteiger charge is -2.32. The molecule has 0 amide bonds. The van der Waals surface area contributed by atoms with Crippen LogP contribution in [-0.4, -0.2) is 42.4 Å². The van der Waals surface area contributed by atoms with Crippen LogP contribution >= 0.6 is 0 Å². The van der Waals surface area contributed by atoms with Crippen molar-refractivity contribution >= 4 is 0 Å². The van der Waals surface area contributed by atoms with E-state index in [-0.39, 0.29) is 0 Å². The maximum Gasteiger partial charge on any atom is 0.117 e. The van der Waals surface area contributed by atoms with Gasteiger partial charge >= 0.3 is 0 Å². The number of rotatable bonds is 3. The molecule has 3 heteroatoms. The largest absolute Gasteiger partial charge is 0.389 e. The van der Waals surface area contributed by atoms with Crippen molar-refractivity contribution < 1.29 is 9.50 Å². The van der Waals surface area contributed by atoms with Crippen LogP contribution in [0.5, 0.6) is 0 Å². The number of hydrogen-bond donors (Lipinski definition) is 1. The summed E-state index contributed by atoms with van der Waals surface area (Å²) in [7, 11) is 0. The molecule has 0 aromatic rings. The minimum absolute atomic E-state index is 0.531. The van der Waals surface area contributed by atoms with E-state index in [1.54, 1.807) is 0 Å². The van der Waals surface area contributed by atoms with Crippen molar-refractivity contribution in [1.82, 2.24) is 4.90 Å². The summed E-state index contributed by atoms with van der Waals surface area (Å²) in [6, 6.07) is 0. The van der Waals surface area contributed by atoms with Crippen molar-refractivity contribution in [3.63, 3.8) is 0 Å². The van der Waals surface area contributed by atoms with E-state index >= 15 is 0 Å². The summed E-state index contributed by atoms with van der Waals surface area (Å²) in [6.45, 7) is 2.08. The number of alkyl halides is 1. The lowest BCUT2D eigenvalue weighted by molar-refractivity contribution is 0.0655. The number of β-amino-alcohol motifs (C(OH)–C–C–N with tert-alkyl or cyclic N) is 1. The summed E-state index contributed by atoms with van der Waals surface area (Å²) in [4.78, 5) is 2.23. The minimum atomic E-state index is -0.766. The summed E-state index contributed by atoms with van der Waals surface area (Å²) in [5.41, 5.74) is 0. The molecular weight excluding hydrogens is 169 g/mol. The fourth-order valence-corrected chi connectivity index (χ4v) is 2.81. The lowest BCUT2D eigenvalue weighted by Crippen LogP contribution is -2.41. The normalized spacial score (nSPS) is 36.5. The first-order valence-corrected chi connectivity index (χ1v) is 5.24. The van der Waals surface area contributed by atoms with E-state index < -0.39 is 12.8 Å². The second kappa shape index (κ2) is 3.93. The molecule has 0 radical (unpaired) electrons. The lowest BCUT2D eigenvalue weighted by atomic mass is 9.99. The van der Waals surface area contributed by atoms with Crippen LogP contribution in [0.3, 0.4) is 0 Å². The van der Waals surface area contributed by atoms with Gasteiger partial charge in [-0.1, -0.05) is 0 Å². The Morgan fingerprint density at radius 2 is 1.92 bits per heavy atom. The Bertz CT molecular complexity index is 164. The second-order valence-corrected chi connectivity index (χ2v) is 4.57. The molecule has 2 bridgehead atoms. The number of likely N-dealkylation sites (tertiary alicyclic amines) is 1. The number of aliphatic hydroxyl groups is 1. The molecule has 3 atom stereocenters. The van der Waals surface area contributed by atoms with Crippen molar-refractivity contribution in [2.45, 2.75) is 25.4 Å². The summed E-state index contributed by atoms with van der Waals surface area (Å²) >= 11 is 0. The van der Waals surface area contributed by atoms with E-state index in [0.29, 0.717) is 6.54 Å². The fraction of sp³-hybridized carbons (Fsp3) is 1.00. The van der Waals surface area contributed by atoms with Crippen LogP contribution in [0.25, 0.3) is 0 Å². The van der Waals surface area contributed by atoms with Crippen molar-refractivity contribution in [1.29, 1.82) is 0 Å². The van der Waals surface area contributed by atoms with Gasteiger partial charge in [-0.2, -0.15) is 0 Å². The van der Waals surface area contributed by atoms with Gasteiger partial charge in [0.1, 0.15) is 6.67 Å². The van der Waals surface area contributed by atoms with Gasteiger partial charge < -0.3 is 10.0 Å². The Morgan fingerprint density at radius 1 is 1.31 bits per heavy atom. The smallest absolute Gasteiger partial charge is 0.117 e. The van der Waals surface area contributed by atoms with Crippen LogP contribution in [0.2, 0.25) is 0 Å². The molecule has 13 heavy (non-hydrogen) atoms. The number of hydrogen-bond acceptors (Lipinski definition) is 2. The third-order valence-electron chi connectivity index (χ3n) is 3.33. The van der Waals surface area contributed by atoms with E-state index in [2.05, 4.69) is 4.90 Å². The number of nitrogens with zero attached hydrogens (tertiary/aromatic N) is 1. The molecule has 1 aliphatic heterocycles. The molecule has 1 saturated carbocycles. The topological polar surface area (TPSA) is 23.5 Å². The van der Waals surface area contributed by atoms with Gasteiger partial charge in [-0.05, 0) is 31.1 Å². The first-order valence-electron chi connectivity index (χ1n) is 5.24. The van der Waals surface area contributed by atoms with E-state index in [1.807, 2.05) is 0 Å². The zero-order valence-corrected chi connectivity index (χ0v) is 7.95. The standard InChI is InChI=1S/C10H18FNO/c11-4-10(13)7-12-5-8-1-2-9(3-8)6-12/h8-10,13H,1-7H2. The van der Waals surface area contributed by atoms with Gasteiger partial charge in [-0.15, -0.1) is 0 Å². The molecule has 1 saturated heterocycles. The van der Waals surface area contributed by atoms with Crippen molar-refractivity contribution in [2.24, 2.45) is 11.8 Å². The third-order valence-corrected chi connectivity index (χ3v) is 3.33. The maximum absolute atomic E-state index is 12.1. The van der Waals surface area contributed by atoms with Crippen molar-refractivity contribution in [2.75, 3.05) is 26.3 Å². The highest BCUT2D eigenvalue weighted by atomic mass is 19.1. The second-order valence-electron chi connectivity index (χ2n) is 4.57. The molecule has 0 aromatic heterocycles. The molecule has 2 rings (SSSR count). The van der Waals surface area contributed by atoms with Gasteiger partial charge in [-0.25, -0.2) is 4.39 Å². The van der Waals surface area contributed by atoms with Crippen LogP contribution in [0.15, 0.2) is 0 Å². The van der Waals surface area contributed by atoms with Crippen LogP contribution in [-0.2, 0) is 0 Å². The summed E-state index contributed by atoms with van der Waals surface area (Å²) in [6.07, 6.45) is 3.28. The predicted octanol–water partition coefficient (Wildman–Crippen LogP) is 1.05. The minimum Gasteiger partial charge on any atom is -0.389 e. The van der Waals surface area contributed by atoms with Crippen LogP contribution in [0.4, 0.5) is 4.39 Å². The first-order chi connectivity index (χ1) is 6.28. The Labute approximate surface area is 78.7 Å². The molecule has 2 aliphatic rings. The Morgan fingerprint density at radius 3 is 2.46 bits per heavy atom. The Hall–Kier alpha value is -0.150. The maximum atomic E-state index is 12.1. The summed E-state index contributed by atoms with van der Waals surface area (Å²) in [5, 5.41) is 9.19. The fourth-order valence-electron chi connectivity index (χ4n) is 2.81. The van der Waals surface area contributed by atoms with Gasteiger partial charge in [0.25, 0.3) is 0 Å².